The van der Waals surface area contributed by atoms with Crippen molar-refractivity contribution in [3.8, 4) is 11.8 Å². The predicted octanol–water partition coefficient (Wildman–Crippen LogP) is 4.86. The van der Waals surface area contributed by atoms with E-state index in [2.05, 4.69) is 34.0 Å². The molecule has 2 aromatic rings. The number of thiophene rings is 1. The van der Waals surface area contributed by atoms with Crippen LogP contribution >= 0.6 is 22.9 Å². The van der Waals surface area contributed by atoms with Crippen molar-refractivity contribution in [2.75, 3.05) is 17.7 Å². The Hall–Kier alpha value is -2.40. The van der Waals surface area contributed by atoms with Crippen LogP contribution < -0.4 is 11.1 Å². The number of rotatable bonds is 8. The molecule has 0 bridgehead atoms. The van der Waals surface area contributed by atoms with Crippen molar-refractivity contribution in [1.29, 1.82) is 5.41 Å². The van der Waals surface area contributed by atoms with E-state index in [-0.39, 0.29) is 23.8 Å². The molecule has 3 rings (SSSR count). The van der Waals surface area contributed by atoms with E-state index >= 15 is 0 Å². The Labute approximate surface area is 192 Å². The fourth-order valence-corrected chi connectivity index (χ4v) is 4.52. The van der Waals surface area contributed by atoms with Gasteiger partial charge in [-0.3, -0.25) is 5.41 Å². The molecule has 8 heteroatoms. The van der Waals surface area contributed by atoms with Crippen LogP contribution in [0.15, 0.2) is 24.3 Å². The van der Waals surface area contributed by atoms with Gasteiger partial charge in [0.25, 0.3) is 0 Å². The van der Waals surface area contributed by atoms with Crippen LogP contribution in [0.1, 0.15) is 60.8 Å². The molecule has 0 aliphatic heterocycles. The quantitative estimate of drug-likeness (QED) is 0.196. The molecule has 2 heterocycles. The molecule has 1 fully saturated rings. The average molecular weight is 458 g/mol. The minimum absolute atomic E-state index is 0.0940. The molecule has 31 heavy (non-hydrogen) atoms. The highest BCUT2D eigenvalue weighted by Crippen LogP contribution is 2.30. The highest BCUT2D eigenvalue weighted by Gasteiger charge is 2.25. The number of halogens is 1. The molecule has 6 nitrogen and oxygen atoms in total. The zero-order valence-electron chi connectivity index (χ0n) is 17.6. The predicted molar refractivity (Wildman–Crippen MR) is 129 cm³/mol. The molecule has 0 amide bonds. The number of hydrogen-bond acceptors (Lipinski definition) is 7. The summed E-state index contributed by atoms with van der Waals surface area (Å²) in [5.41, 5.74) is 6.79. The highest BCUT2D eigenvalue weighted by molar-refractivity contribution is 7.14. The number of nitrogens with zero attached hydrogens (tertiary/aromatic N) is 2. The maximum atomic E-state index is 9.38. The van der Waals surface area contributed by atoms with Crippen LogP contribution in [-0.4, -0.2) is 33.4 Å². The van der Waals surface area contributed by atoms with Gasteiger partial charge in [-0.1, -0.05) is 49.3 Å². The third-order valence-corrected chi connectivity index (χ3v) is 6.52. The Kier molecular flexibility index (Phi) is 8.47. The Morgan fingerprint density at radius 2 is 2.23 bits per heavy atom. The monoisotopic (exact) mass is 457 g/mol. The smallest absolute Gasteiger partial charge is 0.223 e. The molecule has 1 aliphatic rings. The first-order valence-corrected chi connectivity index (χ1v) is 11.8. The molecule has 1 saturated carbocycles. The first-order chi connectivity index (χ1) is 15.0. The van der Waals surface area contributed by atoms with Gasteiger partial charge in [0.2, 0.25) is 5.95 Å². The van der Waals surface area contributed by atoms with E-state index in [1.807, 2.05) is 24.3 Å². The largest absolute Gasteiger partial charge is 0.396 e. The number of aromatic nitrogens is 2. The van der Waals surface area contributed by atoms with Gasteiger partial charge in [0, 0.05) is 12.6 Å². The van der Waals surface area contributed by atoms with Crippen LogP contribution in [0, 0.1) is 23.2 Å². The molecule has 0 radical (unpaired) electrons. The molecular weight excluding hydrogens is 430 g/mol. The van der Waals surface area contributed by atoms with Crippen LogP contribution in [0.3, 0.4) is 0 Å². The molecule has 2 aromatic heterocycles. The lowest BCUT2D eigenvalue weighted by Crippen LogP contribution is -2.19. The van der Waals surface area contributed by atoms with E-state index in [4.69, 9.17) is 22.7 Å². The number of aliphatic hydroxyl groups excluding tert-OH is 1. The summed E-state index contributed by atoms with van der Waals surface area (Å²) in [6, 6.07) is 4.01. The van der Waals surface area contributed by atoms with Crippen molar-refractivity contribution in [1.82, 2.24) is 9.97 Å². The summed E-state index contributed by atoms with van der Waals surface area (Å²) in [6.45, 7) is 2.35. The first kappa shape index (κ1) is 23.3. The van der Waals surface area contributed by atoms with E-state index in [0.29, 0.717) is 23.0 Å². The minimum Gasteiger partial charge on any atom is -0.396 e. The maximum Gasteiger partial charge on any atom is 0.223 e. The number of nitrogens with one attached hydrogen (secondary N) is 2. The summed E-state index contributed by atoms with van der Waals surface area (Å²) in [6.07, 6.45) is 9.95. The molecule has 0 aromatic carbocycles. The van der Waals surface area contributed by atoms with Crippen molar-refractivity contribution in [3.05, 3.63) is 44.8 Å². The van der Waals surface area contributed by atoms with Crippen molar-refractivity contribution in [3.63, 3.8) is 0 Å². The lowest BCUT2D eigenvalue weighted by atomic mass is 10.1. The van der Waals surface area contributed by atoms with Gasteiger partial charge in [0.1, 0.15) is 11.4 Å². The summed E-state index contributed by atoms with van der Waals surface area (Å²) >= 11 is 7.80. The number of allylic oxidation sites excluding steroid dienone is 2. The topological polar surface area (TPSA) is 108 Å². The number of anilines is 2. The first-order valence-electron chi connectivity index (χ1n) is 10.6. The molecule has 0 spiro atoms. The van der Waals surface area contributed by atoms with Crippen LogP contribution in [0.2, 0.25) is 5.15 Å². The van der Waals surface area contributed by atoms with Crippen molar-refractivity contribution >= 4 is 40.4 Å². The zero-order chi connectivity index (χ0) is 22.2. The zero-order valence-corrected chi connectivity index (χ0v) is 19.2. The van der Waals surface area contributed by atoms with Gasteiger partial charge in [-0.05, 0) is 49.8 Å². The van der Waals surface area contributed by atoms with E-state index in [9.17, 15) is 5.11 Å². The van der Waals surface area contributed by atoms with Gasteiger partial charge < -0.3 is 16.2 Å². The molecule has 2 unspecified atom stereocenters. The van der Waals surface area contributed by atoms with Gasteiger partial charge in [-0.25, -0.2) is 0 Å². The van der Waals surface area contributed by atoms with Gasteiger partial charge in [-0.2, -0.15) is 9.97 Å². The number of unbranched alkanes of at least 4 members (excludes halogenated alkanes) is 2. The standard InChI is InChI=1S/C23H28ClN5OS/c1-2-3-4-5-6-19(25)20-12-10-17(31-20)9-11-18-21(24)28-23(26)29-22(18)27-16-8-7-15(13-16)14-30/h5-6,10,12,15-16,25,30H,2-4,7-8,13-14H2,1H3,(H3,26,27,28,29)/b6-5-,25-19?. The summed E-state index contributed by atoms with van der Waals surface area (Å²) in [4.78, 5) is 10.1. The molecule has 164 valence electrons. The molecule has 5 N–H and O–H groups in total. The van der Waals surface area contributed by atoms with Crippen LogP contribution in [0.4, 0.5) is 11.8 Å². The molecule has 0 saturated heterocycles. The second-order valence-electron chi connectivity index (χ2n) is 7.67. The van der Waals surface area contributed by atoms with Crippen LogP contribution in [0.5, 0.6) is 0 Å². The fraction of sp³-hybridized carbons (Fsp3) is 0.435. The Morgan fingerprint density at radius 3 is 2.97 bits per heavy atom. The maximum absolute atomic E-state index is 9.38. The molecule has 2 atom stereocenters. The Balaban J connectivity index is 1.76. The Morgan fingerprint density at radius 1 is 1.39 bits per heavy atom. The van der Waals surface area contributed by atoms with E-state index in [0.717, 1.165) is 48.3 Å². The van der Waals surface area contributed by atoms with Gasteiger partial charge in [0.15, 0.2) is 5.15 Å². The van der Waals surface area contributed by atoms with Crippen molar-refractivity contribution < 1.29 is 5.11 Å². The lowest BCUT2D eigenvalue weighted by Gasteiger charge is -2.15. The summed E-state index contributed by atoms with van der Waals surface area (Å²) < 4.78 is 0. The van der Waals surface area contributed by atoms with Crippen LogP contribution in [-0.2, 0) is 0 Å². The van der Waals surface area contributed by atoms with Gasteiger partial charge in [-0.15, -0.1) is 11.3 Å². The van der Waals surface area contributed by atoms with E-state index in [1.54, 1.807) is 0 Å². The summed E-state index contributed by atoms with van der Waals surface area (Å²) in [7, 11) is 0. The van der Waals surface area contributed by atoms with Crippen molar-refractivity contribution in [2.24, 2.45) is 5.92 Å². The third kappa shape index (κ3) is 6.54. The second-order valence-corrected chi connectivity index (χ2v) is 9.11. The Bertz CT molecular complexity index is 1010. The van der Waals surface area contributed by atoms with Gasteiger partial charge in [0.05, 0.1) is 15.5 Å². The second kappa shape index (κ2) is 11.3. The molecular formula is C23H28ClN5OS. The SMILES string of the molecule is CCCC/C=C\C(=N)c1ccc(C#Cc2c(Cl)nc(N)nc2NC2CCC(CO)C2)s1. The third-order valence-electron chi connectivity index (χ3n) is 5.21. The lowest BCUT2D eigenvalue weighted by molar-refractivity contribution is 0.229. The van der Waals surface area contributed by atoms with Gasteiger partial charge >= 0.3 is 0 Å². The molecule has 1 aliphatic carbocycles. The highest BCUT2D eigenvalue weighted by atomic mass is 35.5. The summed E-state index contributed by atoms with van der Waals surface area (Å²) in [5, 5.41) is 21.2. The number of nitrogen functional groups attached to an aromatic ring is 1. The average Bonchev–Trinajstić information content (AvgIpc) is 3.40. The fourth-order valence-electron chi connectivity index (χ4n) is 3.51. The normalized spacial score (nSPS) is 18.2. The number of aliphatic hydroxyl groups is 1. The van der Waals surface area contributed by atoms with E-state index < -0.39 is 0 Å². The summed E-state index contributed by atoms with van der Waals surface area (Å²) in [5.74, 6) is 7.13. The van der Waals surface area contributed by atoms with Crippen molar-refractivity contribution in [2.45, 2.75) is 51.5 Å². The number of hydrogen-bond donors (Lipinski definition) is 4. The number of nitrogens with two attached hydrogens (primary N) is 1. The minimum atomic E-state index is 0.0940. The van der Waals surface area contributed by atoms with E-state index in [1.165, 1.54) is 11.3 Å². The van der Waals surface area contributed by atoms with Crippen LogP contribution in [0.25, 0.3) is 0 Å².